The number of amides is 1. The molecule has 0 spiro atoms. The minimum Gasteiger partial charge on any atom is -0.464 e. The van der Waals surface area contributed by atoms with Gasteiger partial charge in [0.25, 0.3) is 0 Å². The molecule has 0 rings (SSSR count). The maximum atomic E-state index is 11.5. The summed E-state index contributed by atoms with van der Waals surface area (Å²) in [5, 5.41) is 2.41. The van der Waals surface area contributed by atoms with Gasteiger partial charge >= 0.3 is 12.1 Å². The lowest BCUT2D eigenvalue weighted by Gasteiger charge is -2.07. The van der Waals surface area contributed by atoms with Crippen LogP contribution in [0.1, 0.15) is 123 Å². The Hall–Kier alpha value is -1.26. The summed E-state index contributed by atoms with van der Waals surface area (Å²) in [6.07, 6.45) is 21.0. The Balaban J connectivity index is 3.21. The topological polar surface area (TPSA) is 64.6 Å². The Morgan fingerprint density at radius 1 is 0.552 bits per heavy atom. The van der Waals surface area contributed by atoms with Crippen molar-refractivity contribution in [2.45, 2.75) is 123 Å². The number of carbonyl (C=O) groups excluding carboxylic acids is 2. The summed E-state index contributed by atoms with van der Waals surface area (Å²) >= 11 is 0. The molecule has 0 aliphatic carbocycles. The first-order valence-electron chi connectivity index (χ1n) is 12.3. The predicted molar refractivity (Wildman–Crippen MR) is 120 cm³/mol. The lowest BCUT2D eigenvalue weighted by Crippen LogP contribution is -2.31. The molecular weight excluding hydrogens is 366 g/mol. The van der Waals surface area contributed by atoms with Crippen LogP contribution >= 0.6 is 0 Å². The highest BCUT2D eigenvalue weighted by molar-refractivity contribution is 5.77. The first kappa shape index (κ1) is 27.7. The van der Waals surface area contributed by atoms with Crippen molar-refractivity contribution in [3.63, 3.8) is 0 Å². The number of unbranched alkanes of at least 4 members (excludes halogenated alkanes) is 15. The van der Waals surface area contributed by atoms with Crippen LogP contribution in [0.25, 0.3) is 0 Å². The van der Waals surface area contributed by atoms with E-state index in [2.05, 4.69) is 12.2 Å². The summed E-state index contributed by atoms with van der Waals surface area (Å²) < 4.78 is 10.0. The van der Waals surface area contributed by atoms with Gasteiger partial charge in [-0.3, -0.25) is 4.79 Å². The second-order valence-electron chi connectivity index (χ2n) is 8.01. The van der Waals surface area contributed by atoms with E-state index in [0.717, 1.165) is 25.7 Å². The van der Waals surface area contributed by atoms with Crippen LogP contribution in [0.3, 0.4) is 0 Å². The van der Waals surface area contributed by atoms with E-state index in [0.29, 0.717) is 13.2 Å². The molecule has 0 aromatic rings. The molecule has 0 bridgehead atoms. The maximum Gasteiger partial charge on any atom is 0.407 e. The van der Waals surface area contributed by atoms with Crippen molar-refractivity contribution in [1.29, 1.82) is 0 Å². The molecule has 172 valence electrons. The zero-order valence-corrected chi connectivity index (χ0v) is 19.3. The molecule has 0 atom stereocenters. The fourth-order valence-electron chi connectivity index (χ4n) is 3.21. The SMILES string of the molecule is CCCCCCCCCCCCCCCCCOC(=O)CNC(=O)OCCCC. The first-order valence-corrected chi connectivity index (χ1v) is 12.3. The smallest absolute Gasteiger partial charge is 0.407 e. The van der Waals surface area contributed by atoms with E-state index >= 15 is 0 Å². The molecule has 0 saturated heterocycles. The number of carbonyl (C=O) groups is 2. The fraction of sp³-hybridized carbons (Fsp3) is 0.917. The number of ether oxygens (including phenoxy) is 2. The van der Waals surface area contributed by atoms with Crippen LogP contribution in [0, 0.1) is 0 Å². The summed E-state index contributed by atoms with van der Waals surface area (Å²) in [4.78, 5) is 22.8. The summed E-state index contributed by atoms with van der Waals surface area (Å²) in [5.41, 5.74) is 0. The van der Waals surface area contributed by atoms with Gasteiger partial charge in [-0.1, -0.05) is 110 Å². The summed E-state index contributed by atoms with van der Waals surface area (Å²) in [5.74, 6) is -0.400. The maximum absolute atomic E-state index is 11.5. The van der Waals surface area contributed by atoms with Crippen molar-refractivity contribution in [3.05, 3.63) is 0 Å². The van der Waals surface area contributed by atoms with Gasteiger partial charge in [0.05, 0.1) is 13.2 Å². The third-order valence-electron chi connectivity index (χ3n) is 5.12. The minimum absolute atomic E-state index is 0.121. The Morgan fingerprint density at radius 3 is 1.45 bits per heavy atom. The van der Waals surface area contributed by atoms with Crippen LogP contribution in [-0.4, -0.2) is 31.8 Å². The summed E-state index contributed by atoms with van der Waals surface area (Å²) in [7, 11) is 0. The van der Waals surface area contributed by atoms with E-state index < -0.39 is 12.1 Å². The van der Waals surface area contributed by atoms with Gasteiger partial charge in [-0.25, -0.2) is 4.79 Å². The second-order valence-corrected chi connectivity index (χ2v) is 8.01. The van der Waals surface area contributed by atoms with Gasteiger partial charge in [0.1, 0.15) is 6.54 Å². The largest absolute Gasteiger partial charge is 0.464 e. The third-order valence-corrected chi connectivity index (χ3v) is 5.12. The van der Waals surface area contributed by atoms with E-state index in [1.54, 1.807) is 0 Å². The van der Waals surface area contributed by atoms with Gasteiger partial charge in [0, 0.05) is 0 Å². The standard InChI is InChI=1S/C24H47NO4/c1-3-5-7-8-9-10-11-12-13-14-15-16-17-18-19-21-28-23(26)22-25-24(27)29-20-6-4-2/h3-22H2,1-2H3,(H,25,27). The Kier molecular flexibility index (Phi) is 22.0. The number of hydrogen-bond donors (Lipinski definition) is 1. The van der Waals surface area contributed by atoms with Crippen molar-refractivity contribution in [2.75, 3.05) is 19.8 Å². The van der Waals surface area contributed by atoms with Gasteiger partial charge in [-0.15, -0.1) is 0 Å². The summed E-state index contributed by atoms with van der Waals surface area (Å²) in [6.45, 7) is 4.99. The number of rotatable bonds is 21. The van der Waals surface area contributed by atoms with Crippen LogP contribution < -0.4 is 5.32 Å². The molecule has 0 fully saturated rings. The molecule has 29 heavy (non-hydrogen) atoms. The lowest BCUT2D eigenvalue weighted by molar-refractivity contribution is -0.142. The van der Waals surface area contributed by atoms with Gasteiger partial charge in [0.2, 0.25) is 0 Å². The molecule has 0 unspecified atom stereocenters. The van der Waals surface area contributed by atoms with Gasteiger partial charge in [-0.2, -0.15) is 0 Å². The van der Waals surface area contributed by atoms with Crippen LogP contribution in [0.5, 0.6) is 0 Å². The highest BCUT2D eigenvalue weighted by Gasteiger charge is 2.06. The molecule has 0 aromatic heterocycles. The molecule has 0 saturated carbocycles. The molecular formula is C24H47NO4. The van der Waals surface area contributed by atoms with Crippen LogP contribution in [0.15, 0.2) is 0 Å². The van der Waals surface area contributed by atoms with Crippen molar-refractivity contribution < 1.29 is 19.1 Å². The Labute approximate surface area is 179 Å². The number of esters is 1. The van der Waals surface area contributed by atoms with E-state index in [4.69, 9.17) is 9.47 Å². The Morgan fingerprint density at radius 2 is 0.966 bits per heavy atom. The number of alkyl carbamates (subject to hydrolysis) is 1. The fourth-order valence-corrected chi connectivity index (χ4v) is 3.21. The zero-order chi connectivity index (χ0) is 21.4. The van der Waals surface area contributed by atoms with Crippen LogP contribution in [-0.2, 0) is 14.3 Å². The van der Waals surface area contributed by atoms with E-state index in [9.17, 15) is 9.59 Å². The molecule has 5 heteroatoms. The molecule has 0 radical (unpaired) electrons. The highest BCUT2D eigenvalue weighted by atomic mass is 16.6. The van der Waals surface area contributed by atoms with Gasteiger partial charge < -0.3 is 14.8 Å². The zero-order valence-electron chi connectivity index (χ0n) is 19.3. The van der Waals surface area contributed by atoms with E-state index in [1.807, 2.05) is 6.92 Å². The van der Waals surface area contributed by atoms with Crippen LogP contribution in [0.2, 0.25) is 0 Å². The average Bonchev–Trinajstić information content (AvgIpc) is 2.72. The van der Waals surface area contributed by atoms with E-state index in [1.165, 1.54) is 83.5 Å². The van der Waals surface area contributed by atoms with Crippen molar-refractivity contribution in [3.8, 4) is 0 Å². The quantitative estimate of drug-likeness (QED) is 0.164. The van der Waals surface area contributed by atoms with Crippen molar-refractivity contribution >= 4 is 12.1 Å². The van der Waals surface area contributed by atoms with Gasteiger partial charge in [0.15, 0.2) is 0 Å². The van der Waals surface area contributed by atoms with E-state index in [-0.39, 0.29) is 6.54 Å². The molecule has 0 heterocycles. The van der Waals surface area contributed by atoms with Crippen molar-refractivity contribution in [2.24, 2.45) is 0 Å². The molecule has 5 nitrogen and oxygen atoms in total. The molecule has 0 aliphatic heterocycles. The minimum atomic E-state index is -0.553. The molecule has 1 N–H and O–H groups in total. The summed E-state index contributed by atoms with van der Waals surface area (Å²) in [6, 6.07) is 0. The second kappa shape index (κ2) is 23.0. The normalized spacial score (nSPS) is 10.7. The first-order chi connectivity index (χ1) is 14.2. The average molecular weight is 414 g/mol. The van der Waals surface area contributed by atoms with Gasteiger partial charge in [-0.05, 0) is 12.8 Å². The Bertz CT molecular complexity index is 374. The van der Waals surface area contributed by atoms with Crippen molar-refractivity contribution in [1.82, 2.24) is 5.32 Å². The number of hydrogen-bond acceptors (Lipinski definition) is 4. The monoisotopic (exact) mass is 413 g/mol. The highest BCUT2D eigenvalue weighted by Crippen LogP contribution is 2.13. The van der Waals surface area contributed by atoms with Crippen LogP contribution in [0.4, 0.5) is 4.79 Å². The number of nitrogens with one attached hydrogen (secondary N) is 1. The molecule has 0 aliphatic rings. The molecule has 1 amide bonds. The predicted octanol–water partition coefficient (Wildman–Crippen LogP) is 6.93. The third kappa shape index (κ3) is 22.9. The lowest BCUT2D eigenvalue weighted by atomic mass is 10.0. The molecule has 0 aromatic carbocycles.